The molecular weight excluding hydrogens is 477 g/mol. The van der Waals surface area contributed by atoms with Gasteiger partial charge in [-0.3, -0.25) is 4.99 Å². The average Bonchev–Trinajstić information content (AvgIpc) is 3.08. The fourth-order valence-electron chi connectivity index (χ4n) is 2.43. The van der Waals surface area contributed by atoms with Crippen molar-refractivity contribution in [3.63, 3.8) is 0 Å². The molecule has 7 nitrogen and oxygen atoms in total. The first kappa shape index (κ1) is 23.4. The fourth-order valence-corrected chi connectivity index (χ4v) is 3.21. The van der Waals surface area contributed by atoms with Crippen molar-refractivity contribution in [2.75, 3.05) is 25.6 Å². The topological polar surface area (TPSA) is 88.4 Å². The van der Waals surface area contributed by atoms with E-state index in [-0.39, 0.29) is 35.8 Å². The van der Waals surface area contributed by atoms with Crippen molar-refractivity contribution in [2.24, 2.45) is 4.99 Å². The Balaban J connectivity index is 0.00000364. The summed E-state index contributed by atoms with van der Waals surface area (Å²) >= 11 is 0. The number of hydrogen-bond donors (Lipinski definition) is 2. The van der Waals surface area contributed by atoms with Crippen molar-refractivity contribution in [1.82, 2.24) is 20.4 Å². The van der Waals surface area contributed by atoms with Crippen molar-refractivity contribution in [1.29, 1.82) is 0 Å². The molecule has 1 unspecified atom stereocenters. The Labute approximate surface area is 178 Å². The van der Waals surface area contributed by atoms with E-state index in [1.807, 2.05) is 54.3 Å². The van der Waals surface area contributed by atoms with Crippen LogP contribution in [0.3, 0.4) is 0 Å². The molecule has 0 fully saturated rings. The number of hydrogen-bond acceptors (Lipinski definition) is 4. The number of nitrogens with one attached hydrogen (secondary N) is 2. The quantitative estimate of drug-likeness (QED) is 0.326. The summed E-state index contributed by atoms with van der Waals surface area (Å²) in [5.74, 6) is 0.832. The van der Waals surface area contributed by atoms with E-state index < -0.39 is 9.84 Å². The smallest absolute Gasteiger partial charge is 0.191 e. The minimum absolute atomic E-state index is 0. The zero-order valence-corrected chi connectivity index (χ0v) is 19.1. The molecule has 1 aromatic heterocycles. The molecule has 0 aliphatic carbocycles. The van der Waals surface area contributed by atoms with Gasteiger partial charge in [0.25, 0.3) is 0 Å². The lowest BCUT2D eigenvalue weighted by Gasteiger charge is -2.17. The second-order valence-corrected chi connectivity index (χ2v) is 8.60. The van der Waals surface area contributed by atoms with Crippen LogP contribution in [0.5, 0.6) is 0 Å². The lowest BCUT2D eigenvalue weighted by molar-refractivity contribution is 0.581. The number of benzene rings is 1. The first-order valence-corrected chi connectivity index (χ1v) is 10.7. The normalized spacial score (nSPS) is 12.9. The number of para-hydroxylation sites is 1. The van der Waals surface area contributed by atoms with Crippen molar-refractivity contribution in [3.05, 3.63) is 48.3 Å². The van der Waals surface area contributed by atoms with Crippen LogP contribution in [0.2, 0.25) is 0 Å². The Morgan fingerprint density at radius 1 is 1.30 bits per heavy atom. The Morgan fingerprint density at radius 2 is 2.00 bits per heavy atom. The molecule has 0 radical (unpaired) electrons. The second-order valence-electron chi connectivity index (χ2n) is 6.34. The maximum atomic E-state index is 11.2. The zero-order valence-electron chi connectivity index (χ0n) is 15.9. The molecule has 2 aromatic rings. The third kappa shape index (κ3) is 8.74. The van der Waals surface area contributed by atoms with Gasteiger partial charge in [0.05, 0.1) is 17.6 Å². The van der Waals surface area contributed by atoms with Crippen LogP contribution in [0.4, 0.5) is 0 Å². The fraction of sp³-hybridized carbons (Fsp3) is 0.444. The van der Waals surface area contributed by atoms with Crippen LogP contribution in [0.1, 0.15) is 18.9 Å². The number of nitrogens with zero attached hydrogens (tertiary/aromatic N) is 3. The SMILES string of the molecule is CN=C(NCCc1cnn(-c2ccccc2)c1)NC(C)CCS(C)(=O)=O.I. The van der Waals surface area contributed by atoms with Crippen molar-refractivity contribution in [2.45, 2.75) is 25.8 Å². The van der Waals surface area contributed by atoms with E-state index in [0.29, 0.717) is 18.9 Å². The molecule has 0 aliphatic heterocycles. The Morgan fingerprint density at radius 3 is 2.63 bits per heavy atom. The van der Waals surface area contributed by atoms with Gasteiger partial charge < -0.3 is 10.6 Å². The number of rotatable bonds is 8. The predicted octanol–water partition coefficient (Wildman–Crippen LogP) is 2.02. The summed E-state index contributed by atoms with van der Waals surface area (Å²) in [5, 5.41) is 10.8. The van der Waals surface area contributed by atoms with Gasteiger partial charge in [0, 0.05) is 32.1 Å². The third-order valence-electron chi connectivity index (χ3n) is 3.89. The van der Waals surface area contributed by atoms with E-state index in [0.717, 1.165) is 17.7 Å². The van der Waals surface area contributed by atoms with E-state index in [4.69, 9.17) is 0 Å². The Kier molecular flexibility index (Phi) is 9.78. The number of sulfone groups is 1. The zero-order chi connectivity index (χ0) is 19.0. The van der Waals surface area contributed by atoms with Crippen LogP contribution in [0.15, 0.2) is 47.7 Å². The lowest BCUT2D eigenvalue weighted by Crippen LogP contribution is -2.43. The van der Waals surface area contributed by atoms with Crippen molar-refractivity contribution < 1.29 is 8.42 Å². The second kappa shape index (κ2) is 11.3. The van der Waals surface area contributed by atoms with Crippen LogP contribution < -0.4 is 10.6 Å². The van der Waals surface area contributed by atoms with Crippen molar-refractivity contribution >= 4 is 39.8 Å². The molecule has 1 heterocycles. The molecule has 1 atom stereocenters. The molecule has 0 saturated carbocycles. The van der Waals surface area contributed by atoms with Gasteiger partial charge >= 0.3 is 0 Å². The molecule has 0 bridgehead atoms. The number of halogens is 1. The number of guanidine groups is 1. The highest BCUT2D eigenvalue weighted by molar-refractivity contribution is 14.0. The highest BCUT2D eigenvalue weighted by Crippen LogP contribution is 2.07. The molecular formula is C18H28IN5O2S. The molecule has 150 valence electrons. The van der Waals surface area contributed by atoms with Gasteiger partial charge in [-0.25, -0.2) is 13.1 Å². The number of aromatic nitrogens is 2. The Bertz CT molecular complexity index is 821. The van der Waals surface area contributed by atoms with Gasteiger partial charge in [-0.05, 0) is 37.5 Å². The largest absolute Gasteiger partial charge is 0.356 e. The molecule has 0 saturated heterocycles. The summed E-state index contributed by atoms with van der Waals surface area (Å²) in [5.41, 5.74) is 2.16. The van der Waals surface area contributed by atoms with E-state index in [2.05, 4.69) is 20.7 Å². The van der Waals surface area contributed by atoms with Gasteiger partial charge in [0.15, 0.2) is 5.96 Å². The summed E-state index contributed by atoms with van der Waals surface area (Å²) in [6.07, 6.45) is 6.48. The third-order valence-corrected chi connectivity index (χ3v) is 4.87. The first-order chi connectivity index (χ1) is 12.4. The summed E-state index contributed by atoms with van der Waals surface area (Å²) in [6, 6.07) is 10.00. The van der Waals surface area contributed by atoms with Gasteiger partial charge in [0.1, 0.15) is 9.84 Å². The molecule has 2 N–H and O–H groups in total. The van der Waals surface area contributed by atoms with E-state index in [1.54, 1.807) is 7.05 Å². The lowest BCUT2D eigenvalue weighted by atomic mass is 10.2. The minimum Gasteiger partial charge on any atom is -0.356 e. The van der Waals surface area contributed by atoms with Gasteiger partial charge in [-0.1, -0.05) is 18.2 Å². The summed E-state index contributed by atoms with van der Waals surface area (Å²) in [6.45, 7) is 2.65. The van der Waals surface area contributed by atoms with Crippen molar-refractivity contribution in [3.8, 4) is 5.69 Å². The number of aliphatic imine (C=N–C) groups is 1. The maximum Gasteiger partial charge on any atom is 0.191 e. The molecule has 27 heavy (non-hydrogen) atoms. The van der Waals surface area contributed by atoms with Crippen LogP contribution in [0.25, 0.3) is 5.69 Å². The van der Waals surface area contributed by atoms with Crippen LogP contribution in [-0.2, 0) is 16.3 Å². The standard InChI is InChI=1S/C18H27N5O2S.HI/c1-15(10-12-26(3,24)25)22-18(19-2)20-11-9-16-13-21-23(14-16)17-7-5-4-6-8-17;/h4-8,13-15H,9-12H2,1-3H3,(H2,19,20,22);1H. The van der Waals surface area contributed by atoms with E-state index in [1.165, 1.54) is 6.26 Å². The summed E-state index contributed by atoms with van der Waals surface area (Å²) < 4.78 is 24.3. The predicted molar refractivity (Wildman–Crippen MR) is 121 cm³/mol. The van der Waals surface area contributed by atoms with Crippen LogP contribution in [0, 0.1) is 0 Å². The molecule has 1 aromatic carbocycles. The van der Waals surface area contributed by atoms with Crippen LogP contribution >= 0.6 is 24.0 Å². The van der Waals surface area contributed by atoms with E-state index >= 15 is 0 Å². The monoisotopic (exact) mass is 505 g/mol. The highest BCUT2D eigenvalue weighted by Gasteiger charge is 2.09. The highest BCUT2D eigenvalue weighted by atomic mass is 127. The average molecular weight is 505 g/mol. The van der Waals surface area contributed by atoms with Gasteiger partial charge in [-0.2, -0.15) is 5.10 Å². The Hall–Kier alpha value is -1.62. The summed E-state index contributed by atoms with van der Waals surface area (Å²) in [7, 11) is -1.24. The van der Waals surface area contributed by atoms with Gasteiger partial charge in [-0.15, -0.1) is 24.0 Å². The minimum atomic E-state index is -2.94. The molecule has 0 amide bonds. The molecule has 0 spiro atoms. The molecule has 9 heteroatoms. The van der Waals surface area contributed by atoms with E-state index in [9.17, 15) is 8.42 Å². The van der Waals surface area contributed by atoms with Gasteiger partial charge in [0.2, 0.25) is 0 Å². The molecule has 0 aliphatic rings. The maximum absolute atomic E-state index is 11.2. The van der Waals surface area contributed by atoms with Crippen LogP contribution in [-0.4, -0.2) is 55.8 Å². The summed E-state index contributed by atoms with van der Waals surface area (Å²) in [4.78, 5) is 4.18. The molecule has 2 rings (SSSR count). The first-order valence-electron chi connectivity index (χ1n) is 8.61.